The van der Waals surface area contributed by atoms with Gasteiger partial charge in [-0.2, -0.15) is 0 Å². The lowest BCUT2D eigenvalue weighted by atomic mass is 10.0. The van der Waals surface area contributed by atoms with Crippen LogP contribution in [0.3, 0.4) is 0 Å². The van der Waals surface area contributed by atoms with Crippen LogP contribution in [-0.2, 0) is 7.05 Å². The molecule has 3 heterocycles. The second-order valence-electron chi connectivity index (χ2n) is 7.17. The molecule has 0 fully saturated rings. The molecule has 4 aromatic rings. The molecule has 0 aliphatic heterocycles. The highest BCUT2D eigenvalue weighted by atomic mass is 32.1. The normalized spacial score (nSPS) is 12.3. The molecule has 5 nitrogen and oxygen atoms in total. The monoisotopic (exact) mass is 408 g/mol. The van der Waals surface area contributed by atoms with E-state index in [1.54, 1.807) is 18.3 Å². The first-order valence-electron chi connectivity index (χ1n) is 9.26. The van der Waals surface area contributed by atoms with Gasteiger partial charge in [0.2, 0.25) is 0 Å². The summed E-state index contributed by atoms with van der Waals surface area (Å²) in [5, 5.41) is 4.11. The summed E-state index contributed by atoms with van der Waals surface area (Å²) < 4.78 is 15.3. The number of imidazole rings is 1. The van der Waals surface area contributed by atoms with E-state index in [2.05, 4.69) is 15.3 Å². The molecule has 4 rings (SSSR count). The number of hydrogen-bond acceptors (Lipinski definition) is 4. The van der Waals surface area contributed by atoms with Crippen LogP contribution in [0.25, 0.3) is 10.2 Å². The molecule has 0 bridgehead atoms. The zero-order chi connectivity index (χ0) is 20.7. The van der Waals surface area contributed by atoms with E-state index < -0.39 is 6.04 Å². The number of benzene rings is 1. The Bertz CT molecular complexity index is 1210. The Balaban J connectivity index is 1.75. The highest BCUT2D eigenvalue weighted by Gasteiger charge is 2.24. The number of aromatic nitrogens is 3. The topological polar surface area (TPSA) is 59.8 Å². The van der Waals surface area contributed by atoms with Crippen molar-refractivity contribution in [2.45, 2.75) is 26.8 Å². The number of carbonyl (C=O) groups excluding carboxylic acids is 1. The van der Waals surface area contributed by atoms with Crippen LogP contribution in [0.4, 0.5) is 4.39 Å². The summed E-state index contributed by atoms with van der Waals surface area (Å²) in [6.07, 6.45) is 3.50. The van der Waals surface area contributed by atoms with Gasteiger partial charge in [-0.15, -0.1) is 11.3 Å². The Kier molecular flexibility index (Phi) is 4.92. The number of hydrogen-bond donors (Lipinski definition) is 1. The summed E-state index contributed by atoms with van der Waals surface area (Å²) in [4.78, 5) is 23.7. The van der Waals surface area contributed by atoms with E-state index in [1.165, 1.54) is 23.5 Å². The third-order valence-electron chi connectivity index (χ3n) is 5.03. The number of rotatable bonds is 4. The Labute approximate surface area is 172 Å². The van der Waals surface area contributed by atoms with Gasteiger partial charge in [-0.3, -0.25) is 4.79 Å². The summed E-state index contributed by atoms with van der Waals surface area (Å²) in [5.74, 6) is 0.157. The van der Waals surface area contributed by atoms with E-state index in [1.807, 2.05) is 44.6 Å². The Hall–Kier alpha value is -3.06. The zero-order valence-corrected chi connectivity index (χ0v) is 17.5. The standard InChI is InChI=1S/C22H21FN4OS/c1-12-11-13(2)25-22-17(12)14(3)19(29-22)21(28)26-18(20-24-9-10-27(20)4)15-5-7-16(23)8-6-15/h5-11,18H,1-4H3,(H,26,28)/t18-/m0/s1. The van der Waals surface area contributed by atoms with E-state index in [0.29, 0.717) is 10.7 Å². The largest absolute Gasteiger partial charge is 0.337 e. The lowest BCUT2D eigenvalue weighted by Gasteiger charge is -2.19. The molecule has 0 aliphatic rings. The molecule has 0 saturated heterocycles. The minimum atomic E-state index is -0.497. The molecule has 1 N–H and O–H groups in total. The van der Waals surface area contributed by atoms with Crippen molar-refractivity contribution in [2.75, 3.05) is 0 Å². The van der Waals surface area contributed by atoms with Gasteiger partial charge >= 0.3 is 0 Å². The zero-order valence-electron chi connectivity index (χ0n) is 16.7. The number of carbonyl (C=O) groups is 1. The van der Waals surface area contributed by atoms with Crippen LogP contribution < -0.4 is 5.32 Å². The maximum absolute atomic E-state index is 13.4. The van der Waals surface area contributed by atoms with Gasteiger partial charge in [-0.25, -0.2) is 14.4 Å². The van der Waals surface area contributed by atoms with Crippen molar-refractivity contribution in [3.63, 3.8) is 0 Å². The van der Waals surface area contributed by atoms with Gasteiger partial charge in [0.25, 0.3) is 5.91 Å². The highest BCUT2D eigenvalue weighted by Crippen LogP contribution is 2.33. The van der Waals surface area contributed by atoms with Gasteiger partial charge in [0.1, 0.15) is 22.5 Å². The van der Waals surface area contributed by atoms with Gasteiger partial charge in [0.05, 0.1) is 4.88 Å². The number of thiophene rings is 1. The first-order valence-corrected chi connectivity index (χ1v) is 10.1. The third-order valence-corrected chi connectivity index (χ3v) is 6.21. The first kappa shape index (κ1) is 19.3. The lowest BCUT2D eigenvalue weighted by molar-refractivity contribution is 0.0945. The molecule has 0 saturated carbocycles. The van der Waals surface area contributed by atoms with E-state index >= 15 is 0 Å². The Morgan fingerprint density at radius 1 is 1.21 bits per heavy atom. The fraction of sp³-hybridized carbons (Fsp3) is 0.227. The molecular weight excluding hydrogens is 387 g/mol. The summed E-state index contributed by atoms with van der Waals surface area (Å²) in [5.41, 5.74) is 3.73. The minimum absolute atomic E-state index is 0.195. The molecule has 1 atom stereocenters. The fourth-order valence-electron chi connectivity index (χ4n) is 3.64. The van der Waals surface area contributed by atoms with Crippen LogP contribution in [0, 0.1) is 26.6 Å². The van der Waals surface area contributed by atoms with Gasteiger partial charge < -0.3 is 9.88 Å². The van der Waals surface area contributed by atoms with Crippen molar-refractivity contribution in [3.05, 3.63) is 81.6 Å². The first-order chi connectivity index (χ1) is 13.8. The summed E-state index contributed by atoms with van der Waals surface area (Å²) in [6, 6.07) is 7.64. The van der Waals surface area contributed by atoms with E-state index in [0.717, 1.165) is 32.6 Å². The predicted molar refractivity (Wildman–Crippen MR) is 113 cm³/mol. The molecule has 0 radical (unpaired) electrons. The van der Waals surface area contributed by atoms with Crippen molar-refractivity contribution in [2.24, 2.45) is 7.05 Å². The molecule has 1 aromatic carbocycles. The van der Waals surface area contributed by atoms with Crippen molar-refractivity contribution in [3.8, 4) is 0 Å². The molecule has 0 spiro atoms. The van der Waals surface area contributed by atoms with E-state index in [-0.39, 0.29) is 11.7 Å². The van der Waals surface area contributed by atoms with Crippen molar-refractivity contribution >= 4 is 27.5 Å². The molecular formula is C22H21FN4OS. The molecule has 148 valence electrons. The Morgan fingerprint density at radius 3 is 2.59 bits per heavy atom. The number of nitrogens with zero attached hydrogens (tertiary/aromatic N) is 3. The molecule has 0 unspecified atom stereocenters. The summed E-state index contributed by atoms with van der Waals surface area (Å²) in [6.45, 7) is 5.94. The van der Waals surface area contributed by atoms with Crippen LogP contribution in [0.2, 0.25) is 0 Å². The van der Waals surface area contributed by atoms with Crippen LogP contribution in [0.1, 0.15) is 43.9 Å². The predicted octanol–water partition coefficient (Wildman–Crippen LogP) is 4.61. The quantitative estimate of drug-likeness (QED) is 0.536. The Morgan fingerprint density at radius 2 is 1.93 bits per heavy atom. The van der Waals surface area contributed by atoms with Gasteiger partial charge in [0.15, 0.2) is 0 Å². The van der Waals surface area contributed by atoms with Crippen LogP contribution in [-0.4, -0.2) is 20.4 Å². The van der Waals surface area contributed by atoms with Crippen molar-refractivity contribution in [1.29, 1.82) is 0 Å². The molecule has 29 heavy (non-hydrogen) atoms. The second kappa shape index (κ2) is 7.40. The molecule has 3 aromatic heterocycles. The minimum Gasteiger partial charge on any atom is -0.337 e. The van der Waals surface area contributed by atoms with E-state index in [9.17, 15) is 9.18 Å². The smallest absolute Gasteiger partial charge is 0.262 e. The van der Waals surface area contributed by atoms with Gasteiger partial charge in [0, 0.05) is 30.5 Å². The highest BCUT2D eigenvalue weighted by molar-refractivity contribution is 7.20. The van der Waals surface area contributed by atoms with Crippen molar-refractivity contribution < 1.29 is 9.18 Å². The average Bonchev–Trinajstić information content (AvgIpc) is 3.23. The second-order valence-corrected chi connectivity index (χ2v) is 8.17. The number of halogens is 1. The molecule has 7 heteroatoms. The summed E-state index contributed by atoms with van der Waals surface area (Å²) in [7, 11) is 1.87. The average molecular weight is 409 g/mol. The fourth-order valence-corrected chi connectivity index (χ4v) is 4.85. The van der Waals surface area contributed by atoms with Crippen LogP contribution >= 0.6 is 11.3 Å². The summed E-state index contributed by atoms with van der Waals surface area (Å²) >= 11 is 1.39. The van der Waals surface area contributed by atoms with E-state index in [4.69, 9.17) is 0 Å². The van der Waals surface area contributed by atoms with Crippen molar-refractivity contribution in [1.82, 2.24) is 19.9 Å². The van der Waals surface area contributed by atoms with Gasteiger partial charge in [-0.1, -0.05) is 12.1 Å². The van der Waals surface area contributed by atoms with Crippen LogP contribution in [0.15, 0.2) is 42.7 Å². The maximum atomic E-state index is 13.4. The van der Waals surface area contributed by atoms with Gasteiger partial charge in [-0.05, 0) is 55.7 Å². The number of nitrogens with one attached hydrogen (secondary N) is 1. The maximum Gasteiger partial charge on any atom is 0.262 e. The number of aryl methyl sites for hydroxylation is 4. The number of pyridine rings is 1. The lowest BCUT2D eigenvalue weighted by Crippen LogP contribution is -2.31. The SMILES string of the molecule is Cc1cc(C)c2c(C)c(C(=O)N[C@@H](c3ccc(F)cc3)c3nccn3C)sc2n1. The molecule has 1 amide bonds. The third kappa shape index (κ3) is 3.53. The molecule has 0 aliphatic carbocycles. The number of fused-ring (bicyclic) bond motifs is 1. The van der Waals surface area contributed by atoms with Crippen LogP contribution in [0.5, 0.6) is 0 Å². The number of amides is 1.